The van der Waals surface area contributed by atoms with E-state index in [1.165, 1.54) is 21.0 Å². The third kappa shape index (κ3) is 2.41. The summed E-state index contributed by atoms with van der Waals surface area (Å²) < 4.78 is 4.32. The SMILES string of the molecule is COC(=O)C(C)=C(C)C(=O)O. The maximum Gasteiger partial charge on any atom is 0.333 e. The van der Waals surface area contributed by atoms with Gasteiger partial charge in [-0.1, -0.05) is 0 Å². The average Bonchev–Trinajstić information content (AvgIpc) is 2.00. The van der Waals surface area contributed by atoms with Crippen LogP contribution in [0.25, 0.3) is 0 Å². The molecule has 4 nitrogen and oxygen atoms in total. The van der Waals surface area contributed by atoms with E-state index in [1.807, 2.05) is 0 Å². The number of carboxylic acid groups (broad SMARTS) is 1. The van der Waals surface area contributed by atoms with Crippen LogP contribution in [0.4, 0.5) is 0 Å². The van der Waals surface area contributed by atoms with Crippen molar-refractivity contribution in [1.29, 1.82) is 0 Å². The predicted octanol–water partition coefficient (Wildman–Crippen LogP) is 0.580. The van der Waals surface area contributed by atoms with Crippen LogP contribution >= 0.6 is 0 Å². The maximum atomic E-state index is 10.7. The molecule has 0 radical (unpaired) electrons. The molecule has 0 atom stereocenters. The van der Waals surface area contributed by atoms with Crippen LogP contribution in [0.5, 0.6) is 0 Å². The molecule has 62 valence electrons. The van der Waals surface area contributed by atoms with E-state index in [2.05, 4.69) is 4.74 Å². The smallest absolute Gasteiger partial charge is 0.333 e. The highest BCUT2D eigenvalue weighted by molar-refractivity contribution is 5.98. The van der Waals surface area contributed by atoms with Crippen molar-refractivity contribution in [2.75, 3.05) is 7.11 Å². The van der Waals surface area contributed by atoms with Crippen LogP contribution < -0.4 is 0 Å². The Labute approximate surface area is 64.5 Å². The molecule has 4 heteroatoms. The van der Waals surface area contributed by atoms with E-state index in [4.69, 9.17) is 5.11 Å². The molecule has 11 heavy (non-hydrogen) atoms. The first-order valence-electron chi connectivity index (χ1n) is 2.99. The Morgan fingerprint density at radius 3 is 1.91 bits per heavy atom. The highest BCUT2D eigenvalue weighted by Gasteiger charge is 2.11. The van der Waals surface area contributed by atoms with Crippen molar-refractivity contribution < 1.29 is 19.4 Å². The number of carbonyl (C=O) groups is 2. The van der Waals surface area contributed by atoms with Gasteiger partial charge in [-0.05, 0) is 13.8 Å². The second kappa shape index (κ2) is 3.75. The maximum absolute atomic E-state index is 10.7. The summed E-state index contributed by atoms with van der Waals surface area (Å²) in [7, 11) is 1.21. The lowest BCUT2D eigenvalue weighted by atomic mass is 10.1. The number of hydrogen-bond donors (Lipinski definition) is 1. The minimum atomic E-state index is -1.10. The fourth-order valence-electron chi connectivity index (χ4n) is 0.467. The molecule has 0 heterocycles. The lowest BCUT2D eigenvalue weighted by Crippen LogP contribution is -2.08. The molecule has 1 N–H and O–H groups in total. The highest BCUT2D eigenvalue weighted by Crippen LogP contribution is 2.04. The lowest BCUT2D eigenvalue weighted by molar-refractivity contribution is -0.138. The topological polar surface area (TPSA) is 63.6 Å². The molecule has 0 saturated carbocycles. The lowest BCUT2D eigenvalue weighted by Gasteiger charge is -2.00. The largest absolute Gasteiger partial charge is 0.478 e. The van der Waals surface area contributed by atoms with E-state index in [1.54, 1.807) is 0 Å². The zero-order valence-electron chi connectivity index (χ0n) is 6.67. The number of carbonyl (C=O) groups excluding carboxylic acids is 1. The van der Waals surface area contributed by atoms with E-state index < -0.39 is 11.9 Å². The molecule has 0 aromatic carbocycles. The Balaban J connectivity index is 4.66. The summed E-state index contributed by atoms with van der Waals surface area (Å²) in [5, 5.41) is 8.43. The summed E-state index contributed by atoms with van der Waals surface area (Å²) in [6.07, 6.45) is 0. The zero-order chi connectivity index (χ0) is 9.02. The minimum absolute atomic E-state index is 0.0110. The van der Waals surface area contributed by atoms with Gasteiger partial charge in [0, 0.05) is 11.1 Å². The second-order valence-electron chi connectivity index (χ2n) is 2.05. The summed E-state index contributed by atoms with van der Waals surface area (Å²) in [4.78, 5) is 21.0. The van der Waals surface area contributed by atoms with Gasteiger partial charge in [-0.2, -0.15) is 0 Å². The van der Waals surface area contributed by atoms with Crippen molar-refractivity contribution in [2.24, 2.45) is 0 Å². The van der Waals surface area contributed by atoms with E-state index in [9.17, 15) is 9.59 Å². The van der Waals surface area contributed by atoms with Gasteiger partial charge in [0.25, 0.3) is 0 Å². The third-order valence-corrected chi connectivity index (χ3v) is 1.37. The predicted molar refractivity (Wildman–Crippen MR) is 38.0 cm³/mol. The van der Waals surface area contributed by atoms with Gasteiger partial charge in [-0.15, -0.1) is 0 Å². The summed E-state index contributed by atoms with van der Waals surface area (Å²) in [6, 6.07) is 0. The first kappa shape index (κ1) is 9.68. The van der Waals surface area contributed by atoms with Crippen LogP contribution in [0, 0.1) is 0 Å². The molecule has 0 aliphatic heterocycles. The number of aliphatic carboxylic acids is 1. The van der Waals surface area contributed by atoms with Crippen molar-refractivity contribution in [3.63, 3.8) is 0 Å². The van der Waals surface area contributed by atoms with Gasteiger partial charge in [-0.3, -0.25) is 0 Å². The number of ether oxygens (including phenoxy) is 1. The molecular formula is C7H10O4. The Bertz CT molecular complexity index is 214. The number of hydrogen-bond acceptors (Lipinski definition) is 3. The first-order chi connectivity index (χ1) is 5.00. The number of carboxylic acids is 1. The van der Waals surface area contributed by atoms with E-state index in [0.29, 0.717) is 0 Å². The quantitative estimate of drug-likeness (QED) is 0.471. The number of methoxy groups -OCH3 is 1. The normalized spacial score (nSPS) is 11.9. The molecule has 0 bridgehead atoms. The van der Waals surface area contributed by atoms with Crippen LogP contribution in [-0.4, -0.2) is 24.2 Å². The van der Waals surface area contributed by atoms with Crippen LogP contribution in [0.2, 0.25) is 0 Å². The molecule has 0 aromatic heterocycles. The number of rotatable bonds is 2. The van der Waals surface area contributed by atoms with E-state index in [-0.39, 0.29) is 11.1 Å². The number of esters is 1. The van der Waals surface area contributed by atoms with E-state index >= 15 is 0 Å². The third-order valence-electron chi connectivity index (χ3n) is 1.37. The van der Waals surface area contributed by atoms with Crippen LogP contribution in [0.1, 0.15) is 13.8 Å². The van der Waals surface area contributed by atoms with Gasteiger partial charge in [0.15, 0.2) is 0 Å². The van der Waals surface area contributed by atoms with E-state index in [0.717, 1.165) is 0 Å². The fraction of sp³-hybridized carbons (Fsp3) is 0.429. The van der Waals surface area contributed by atoms with Crippen LogP contribution in [0.15, 0.2) is 11.1 Å². The van der Waals surface area contributed by atoms with Gasteiger partial charge >= 0.3 is 11.9 Å². The molecular weight excluding hydrogens is 148 g/mol. The standard InChI is InChI=1S/C7H10O4/c1-4(6(8)9)5(2)7(10)11-3/h1-3H3,(H,8,9). The monoisotopic (exact) mass is 158 g/mol. The Morgan fingerprint density at radius 2 is 1.64 bits per heavy atom. The van der Waals surface area contributed by atoms with Crippen molar-refractivity contribution >= 4 is 11.9 Å². The summed E-state index contributed by atoms with van der Waals surface area (Å²) in [6.45, 7) is 2.77. The average molecular weight is 158 g/mol. The van der Waals surface area contributed by atoms with Crippen molar-refractivity contribution in [2.45, 2.75) is 13.8 Å². The van der Waals surface area contributed by atoms with Gasteiger partial charge in [0.05, 0.1) is 7.11 Å². The van der Waals surface area contributed by atoms with Gasteiger partial charge in [-0.25, -0.2) is 9.59 Å². The van der Waals surface area contributed by atoms with Gasteiger partial charge < -0.3 is 9.84 Å². The second-order valence-corrected chi connectivity index (χ2v) is 2.05. The molecule has 0 spiro atoms. The van der Waals surface area contributed by atoms with Gasteiger partial charge in [0.2, 0.25) is 0 Å². The van der Waals surface area contributed by atoms with Gasteiger partial charge in [0.1, 0.15) is 0 Å². The fourth-order valence-corrected chi connectivity index (χ4v) is 0.467. The summed E-state index contributed by atoms with van der Waals surface area (Å²) >= 11 is 0. The Hall–Kier alpha value is -1.32. The zero-order valence-corrected chi connectivity index (χ0v) is 6.67. The van der Waals surface area contributed by atoms with Crippen molar-refractivity contribution in [3.8, 4) is 0 Å². The molecule has 0 aromatic rings. The molecule has 0 saturated heterocycles. The molecule has 0 aliphatic carbocycles. The summed E-state index contributed by atoms with van der Waals surface area (Å²) in [5.74, 6) is -1.71. The van der Waals surface area contributed by atoms with Crippen LogP contribution in [-0.2, 0) is 14.3 Å². The van der Waals surface area contributed by atoms with Crippen molar-refractivity contribution in [1.82, 2.24) is 0 Å². The molecule has 0 fully saturated rings. The van der Waals surface area contributed by atoms with Crippen LogP contribution in [0.3, 0.4) is 0 Å². The molecule has 0 amide bonds. The first-order valence-corrected chi connectivity index (χ1v) is 2.99. The van der Waals surface area contributed by atoms with Crippen molar-refractivity contribution in [3.05, 3.63) is 11.1 Å². The molecule has 0 unspecified atom stereocenters. The minimum Gasteiger partial charge on any atom is -0.478 e. The molecule has 0 rings (SSSR count). The Morgan fingerprint density at radius 1 is 1.18 bits per heavy atom. The highest BCUT2D eigenvalue weighted by atomic mass is 16.5. The Kier molecular flexibility index (Phi) is 3.30. The molecule has 0 aliphatic rings. The summed E-state index contributed by atoms with van der Waals surface area (Å²) in [5.41, 5.74) is 0.136.